The van der Waals surface area contributed by atoms with Crippen LogP contribution < -0.4 is 20.1 Å². The minimum absolute atomic E-state index is 0.251. The molecule has 2 unspecified atom stereocenters. The van der Waals surface area contributed by atoms with Crippen molar-refractivity contribution in [3.63, 3.8) is 0 Å². The van der Waals surface area contributed by atoms with E-state index in [2.05, 4.69) is 20.6 Å². The van der Waals surface area contributed by atoms with Crippen LogP contribution in [0.1, 0.15) is 36.8 Å². The van der Waals surface area contributed by atoms with Crippen LogP contribution >= 0.6 is 0 Å². The number of nitrogens with one attached hydrogen (secondary N) is 4. The molecule has 2 atom stereocenters. The van der Waals surface area contributed by atoms with Gasteiger partial charge < -0.3 is 39.5 Å². The van der Waals surface area contributed by atoms with Crippen molar-refractivity contribution in [2.24, 2.45) is 0 Å². The summed E-state index contributed by atoms with van der Waals surface area (Å²) in [5.74, 6) is -1.73. The van der Waals surface area contributed by atoms with Crippen molar-refractivity contribution >= 4 is 33.7 Å². The normalized spacial score (nSPS) is 23.4. The Balaban J connectivity index is 1.28. The molecule has 4 heterocycles. The molecule has 10 nitrogen and oxygen atoms in total. The molecule has 0 aliphatic carbocycles. The molecule has 210 valence electrons. The van der Waals surface area contributed by atoms with E-state index in [0.29, 0.717) is 23.9 Å². The van der Waals surface area contributed by atoms with Gasteiger partial charge in [0.2, 0.25) is 0 Å². The molecule has 2 aliphatic rings. The molecular formula is C30H34N4O6. The Kier molecular flexibility index (Phi) is 7.09. The van der Waals surface area contributed by atoms with Gasteiger partial charge in [-0.3, -0.25) is 0 Å². The molecule has 0 saturated carbocycles. The number of benzene rings is 2. The molecule has 2 fully saturated rings. The SMILES string of the molecule is COC1(c2cccc3[nH]cc(OC(=O)C(=O)Oc4c[nH]c5cccc(C6(OC)CCCNC6)c45)c23)CCCNC1. The maximum absolute atomic E-state index is 13.1. The van der Waals surface area contributed by atoms with Crippen LogP contribution in [0.3, 0.4) is 0 Å². The fraction of sp³-hybridized carbons (Fsp3) is 0.400. The molecule has 2 aliphatic heterocycles. The van der Waals surface area contributed by atoms with Crippen LogP contribution in [-0.2, 0) is 30.3 Å². The monoisotopic (exact) mass is 546 g/mol. The van der Waals surface area contributed by atoms with Gasteiger partial charge in [0.25, 0.3) is 0 Å². The molecule has 4 N–H and O–H groups in total. The van der Waals surface area contributed by atoms with Crippen LogP contribution in [0.5, 0.6) is 11.5 Å². The molecular weight excluding hydrogens is 512 g/mol. The molecule has 0 spiro atoms. The average molecular weight is 547 g/mol. The van der Waals surface area contributed by atoms with Gasteiger partial charge in [-0.2, -0.15) is 0 Å². The summed E-state index contributed by atoms with van der Waals surface area (Å²) in [5.41, 5.74) is 2.19. The Morgan fingerprint density at radius 3 is 1.52 bits per heavy atom. The summed E-state index contributed by atoms with van der Waals surface area (Å²) < 4.78 is 23.3. The van der Waals surface area contributed by atoms with E-state index in [0.717, 1.165) is 60.9 Å². The minimum atomic E-state index is -1.11. The Morgan fingerprint density at radius 1 is 0.700 bits per heavy atom. The van der Waals surface area contributed by atoms with Gasteiger partial charge in [0.15, 0.2) is 11.5 Å². The van der Waals surface area contributed by atoms with Gasteiger partial charge in [0.1, 0.15) is 11.2 Å². The maximum Gasteiger partial charge on any atom is 0.423 e. The van der Waals surface area contributed by atoms with Crippen LogP contribution in [0.2, 0.25) is 0 Å². The van der Waals surface area contributed by atoms with Crippen LogP contribution in [-0.4, -0.2) is 62.3 Å². The second kappa shape index (κ2) is 10.7. The molecule has 2 aromatic heterocycles. The van der Waals surface area contributed by atoms with Crippen molar-refractivity contribution in [2.75, 3.05) is 40.4 Å². The second-order valence-electron chi connectivity index (χ2n) is 10.5. The Morgan fingerprint density at radius 2 is 1.15 bits per heavy atom. The lowest BCUT2D eigenvalue weighted by Crippen LogP contribution is -2.44. The topological polar surface area (TPSA) is 127 Å². The Hall–Kier alpha value is -3.70. The van der Waals surface area contributed by atoms with Crippen LogP contribution in [0.4, 0.5) is 0 Å². The lowest BCUT2D eigenvalue weighted by atomic mass is 9.84. The fourth-order valence-electron chi connectivity index (χ4n) is 6.29. The quantitative estimate of drug-likeness (QED) is 0.213. The van der Waals surface area contributed by atoms with E-state index >= 15 is 0 Å². The van der Waals surface area contributed by atoms with Crippen molar-refractivity contribution < 1.29 is 28.5 Å². The number of methoxy groups -OCH3 is 2. The highest BCUT2D eigenvalue weighted by Crippen LogP contribution is 2.42. The van der Waals surface area contributed by atoms with E-state index in [1.165, 1.54) is 0 Å². The number of fused-ring (bicyclic) bond motifs is 2. The Bertz CT molecular complexity index is 1430. The summed E-state index contributed by atoms with van der Waals surface area (Å²) in [4.78, 5) is 32.4. The third kappa shape index (κ3) is 4.46. The highest BCUT2D eigenvalue weighted by Gasteiger charge is 2.38. The molecule has 2 saturated heterocycles. The van der Waals surface area contributed by atoms with E-state index in [-0.39, 0.29) is 11.5 Å². The summed E-state index contributed by atoms with van der Waals surface area (Å²) in [6.45, 7) is 3.09. The number of carbonyl (C=O) groups excluding carboxylic acids is 2. The van der Waals surface area contributed by atoms with Gasteiger partial charge in [0, 0.05) is 61.5 Å². The first kappa shape index (κ1) is 26.5. The van der Waals surface area contributed by atoms with Crippen molar-refractivity contribution in [3.05, 3.63) is 59.9 Å². The van der Waals surface area contributed by atoms with E-state index in [1.807, 2.05) is 36.4 Å². The first-order valence-electron chi connectivity index (χ1n) is 13.7. The van der Waals surface area contributed by atoms with Gasteiger partial charge in [-0.05, 0) is 62.0 Å². The lowest BCUT2D eigenvalue weighted by molar-refractivity contribution is -0.156. The molecule has 0 bridgehead atoms. The highest BCUT2D eigenvalue weighted by molar-refractivity contribution is 6.31. The highest BCUT2D eigenvalue weighted by atomic mass is 16.6. The zero-order valence-corrected chi connectivity index (χ0v) is 22.7. The number of aromatic amines is 2. The van der Waals surface area contributed by atoms with E-state index < -0.39 is 23.1 Å². The van der Waals surface area contributed by atoms with Crippen molar-refractivity contribution in [3.8, 4) is 11.5 Å². The van der Waals surface area contributed by atoms with Gasteiger partial charge in [-0.15, -0.1) is 0 Å². The maximum atomic E-state index is 13.1. The smallest absolute Gasteiger partial charge is 0.416 e. The average Bonchev–Trinajstić information content (AvgIpc) is 3.61. The Labute approximate surface area is 231 Å². The number of aromatic nitrogens is 2. The number of H-pyrrole nitrogens is 2. The van der Waals surface area contributed by atoms with Gasteiger partial charge in [-0.25, -0.2) is 9.59 Å². The molecule has 0 radical (unpaired) electrons. The first-order valence-corrected chi connectivity index (χ1v) is 13.7. The zero-order valence-electron chi connectivity index (χ0n) is 22.7. The summed E-state index contributed by atoms with van der Waals surface area (Å²) in [7, 11) is 3.38. The summed E-state index contributed by atoms with van der Waals surface area (Å²) >= 11 is 0. The van der Waals surface area contributed by atoms with E-state index in [9.17, 15) is 9.59 Å². The third-order valence-corrected chi connectivity index (χ3v) is 8.36. The van der Waals surface area contributed by atoms with Gasteiger partial charge in [-0.1, -0.05) is 24.3 Å². The van der Waals surface area contributed by atoms with Gasteiger partial charge >= 0.3 is 11.9 Å². The first-order chi connectivity index (χ1) is 19.5. The fourth-order valence-corrected chi connectivity index (χ4v) is 6.29. The minimum Gasteiger partial charge on any atom is -0.416 e. The standard InChI is InChI=1S/C30H34N4O6/c1-37-29(11-5-13-31-17-29)19-7-3-9-21-25(19)23(15-33-21)39-27(35)28(36)40-24-16-34-22-10-4-8-20(26(22)24)30(38-2)12-6-14-32-18-30/h3-4,7-10,15-16,31-34H,5-6,11-14,17-18H2,1-2H3. The predicted molar refractivity (Wildman–Crippen MR) is 149 cm³/mol. The van der Waals surface area contributed by atoms with Crippen molar-refractivity contribution in [1.29, 1.82) is 0 Å². The van der Waals surface area contributed by atoms with Crippen molar-refractivity contribution in [1.82, 2.24) is 20.6 Å². The molecule has 6 rings (SSSR count). The van der Waals surface area contributed by atoms with E-state index in [4.69, 9.17) is 18.9 Å². The zero-order chi connectivity index (χ0) is 27.7. The van der Waals surface area contributed by atoms with Crippen molar-refractivity contribution in [2.45, 2.75) is 36.9 Å². The predicted octanol–water partition coefficient (Wildman–Crippen LogP) is 3.61. The molecule has 40 heavy (non-hydrogen) atoms. The van der Waals surface area contributed by atoms with Crippen LogP contribution in [0.25, 0.3) is 21.8 Å². The summed E-state index contributed by atoms with van der Waals surface area (Å²) in [5, 5.41) is 8.21. The molecule has 0 amide bonds. The second-order valence-corrected chi connectivity index (χ2v) is 10.5. The summed E-state index contributed by atoms with van der Waals surface area (Å²) in [6.07, 6.45) is 6.70. The lowest BCUT2D eigenvalue weighted by Gasteiger charge is -2.37. The number of esters is 2. The largest absolute Gasteiger partial charge is 0.423 e. The van der Waals surface area contributed by atoms with Gasteiger partial charge in [0.05, 0.1) is 0 Å². The number of rotatable bonds is 6. The van der Waals surface area contributed by atoms with Crippen LogP contribution in [0.15, 0.2) is 48.8 Å². The number of hydrogen-bond acceptors (Lipinski definition) is 8. The number of carbonyl (C=O) groups is 2. The molecule has 4 aromatic rings. The third-order valence-electron chi connectivity index (χ3n) is 8.36. The number of piperidine rings is 2. The molecule has 10 heteroatoms. The molecule has 2 aromatic carbocycles. The number of hydrogen-bond donors (Lipinski definition) is 4. The summed E-state index contributed by atoms with van der Waals surface area (Å²) in [6, 6.07) is 11.6. The number of ether oxygens (including phenoxy) is 4. The van der Waals surface area contributed by atoms with Crippen LogP contribution in [0, 0.1) is 0 Å². The van der Waals surface area contributed by atoms with E-state index in [1.54, 1.807) is 26.6 Å².